The van der Waals surface area contributed by atoms with Crippen LogP contribution in [0.25, 0.3) is 0 Å². The minimum Gasteiger partial charge on any atom is -0.489 e. The summed E-state index contributed by atoms with van der Waals surface area (Å²) in [5.74, 6) is -1.46. The van der Waals surface area contributed by atoms with Crippen molar-refractivity contribution in [1.82, 2.24) is 0 Å². The molecule has 5 heteroatoms. The highest BCUT2D eigenvalue weighted by Gasteiger charge is 2.62. The third kappa shape index (κ3) is 3.25. The van der Waals surface area contributed by atoms with Gasteiger partial charge in [0.25, 0.3) is 0 Å². The van der Waals surface area contributed by atoms with Gasteiger partial charge in [0.05, 0.1) is 11.3 Å². The van der Waals surface area contributed by atoms with Gasteiger partial charge in [-0.2, -0.15) is 0 Å². The Labute approximate surface area is 140 Å². The zero-order valence-corrected chi connectivity index (χ0v) is 13.1. The van der Waals surface area contributed by atoms with E-state index in [0.29, 0.717) is 19.4 Å². The molecule has 1 amide bonds. The van der Waals surface area contributed by atoms with Crippen LogP contribution in [0.15, 0.2) is 54.6 Å². The van der Waals surface area contributed by atoms with Gasteiger partial charge in [-0.3, -0.25) is 9.59 Å². The topological polar surface area (TPSA) is 89.6 Å². The van der Waals surface area contributed by atoms with Crippen molar-refractivity contribution in [3.63, 3.8) is 0 Å². The fourth-order valence-corrected chi connectivity index (χ4v) is 2.99. The van der Waals surface area contributed by atoms with E-state index >= 15 is 0 Å². The molecule has 3 rings (SSSR count). The Kier molecular flexibility index (Phi) is 4.25. The van der Waals surface area contributed by atoms with Gasteiger partial charge in [0.1, 0.15) is 12.4 Å². The van der Waals surface area contributed by atoms with E-state index in [4.69, 9.17) is 15.6 Å². The minimum absolute atomic E-state index is 0.309. The van der Waals surface area contributed by atoms with Crippen molar-refractivity contribution in [2.45, 2.75) is 19.4 Å². The second-order valence-corrected chi connectivity index (χ2v) is 6.21. The monoisotopic (exact) mass is 325 g/mol. The highest BCUT2D eigenvalue weighted by Crippen LogP contribution is 2.54. The maximum absolute atomic E-state index is 11.7. The van der Waals surface area contributed by atoms with Crippen molar-refractivity contribution >= 4 is 11.9 Å². The molecule has 0 aliphatic heterocycles. The SMILES string of the molecule is NC(=O)C1(Cc2ccc(OCc3ccccc3)cc2)CC1C(=O)O. The third-order valence-corrected chi connectivity index (χ3v) is 4.56. The molecule has 2 aromatic carbocycles. The van der Waals surface area contributed by atoms with Gasteiger partial charge in [-0.1, -0.05) is 42.5 Å². The molecule has 0 heterocycles. The molecular weight excluding hydrogens is 306 g/mol. The van der Waals surface area contributed by atoms with Crippen molar-refractivity contribution < 1.29 is 19.4 Å². The number of amides is 1. The normalized spacial score (nSPS) is 21.9. The number of rotatable bonds is 7. The number of benzene rings is 2. The molecule has 0 bridgehead atoms. The maximum Gasteiger partial charge on any atom is 0.307 e. The first-order valence-electron chi connectivity index (χ1n) is 7.80. The summed E-state index contributed by atoms with van der Waals surface area (Å²) in [5.41, 5.74) is 6.44. The Morgan fingerprint density at radius 3 is 2.29 bits per heavy atom. The summed E-state index contributed by atoms with van der Waals surface area (Å²) in [6.45, 7) is 0.479. The molecule has 24 heavy (non-hydrogen) atoms. The van der Waals surface area contributed by atoms with Crippen LogP contribution in [0.3, 0.4) is 0 Å². The predicted octanol–water partition coefficient (Wildman–Crippen LogP) is 2.38. The Hall–Kier alpha value is -2.82. The van der Waals surface area contributed by atoms with Crippen molar-refractivity contribution in [2.24, 2.45) is 17.1 Å². The van der Waals surface area contributed by atoms with Gasteiger partial charge >= 0.3 is 5.97 Å². The lowest BCUT2D eigenvalue weighted by atomic mass is 9.93. The molecule has 1 saturated carbocycles. The van der Waals surface area contributed by atoms with Crippen LogP contribution in [-0.4, -0.2) is 17.0 Å². The van der Waals surface area contributed by atoms with Crippen LogP contribution in [0.1, 0.15) is 17.5 Å². The van der Waals surface area contributed by atoms with Crippen molar-refractivity contribution in [1.29, 1.82) is 0 Å². The maximum atomic E-state index is 11.7. The highest BCUT2D eigenvalue weighted by atomic mass is 16.5. The number of ether oxygens (including phenoxy) is 1. The number of primary amides is 1. The molecule has 1 aliphatic carbocycles. The van der Waals surface area contributed by atoms with Crippen LogP contribution in [0.5, 0.6) is 5.75 Å². The number of aliphatic carboxylic acids is 1. The van der Waals surface area contributed by atoms with Crippen LogP contribution in [0.2, 0.25) is 0 Å². The molecule has 1 fully saturated rings. The van der Waals surface area contributed by atoms with Crippen LogP contribution in [0.4, 0.5) is 0 Å². The lowest BCUT2D eigenvalue weighted by Crippen LogP contribution is -2.30. The van der Waals surface area contributed by atoms with Crippen molar-refractivity contribution in [2.75, 3.05) is 0 Å². The molecule has 1 aliphatic rings. The summed E-state index contributed by atoms with van der Waals surface area (Å²) in [7, 11) is 0. The molecule has 124 valence electrons. The van der Waals surface area contributed by atoms with Crippen molar-refractivity contribution in [3.8, 4) is 5.75 Å². The standard InChI is InChI=1S/C19H19NO4/c20-18(23)19(11-16(19)17(21)22)10-13-6-8-15(9-7-13)24-12-14-4-2-1-3-5-14/h1-9,16H,10-12H2,(H2,20,23)(H,21,22). The average molecular weight is 325 g/mol. The molecule has 0 radical (unpaired) electrons. The number of hydrogen-bond acceptors (Lipinski definition) is 3. The Morgan fingerprint density at radius 1 is 1.08 bits per heavy atom. The van der Waals surface area contributed by atoms with Gasteiger partial charge in [-0.05, 0) is 36.1 Å². The van der Waals surface area contributed by atoms with Gasteiger partial charge in [0.15, 0.2) is 0 Å². The number of carbonyl (C=O) groups excluding carboxylic acids is 1. The van der Waals surface area contributed by atoms with Gasteiger partial charge < -0.3 is 15.6 Å². The fraction of sp³-hybridized carbons (Fsp3) is 0.263. The van der Waals surface area contributed by atoms with Gasteiger partial charge in [-0.25, -0.2) is 0 Å². The molecule has 0 saturated heterocycles. The molecule has 2 atom stereocenters. The van der Waals surface area contributed by atoms with E-state index in [0.717, 1.165) is 16.9 Å². The molecule has 0 spiro atoms. The van der Waals surface area contributed by atoms with E-state index < -0.39 is 23.2 Å². The number of carboxylic acid groups (broad SMARTS) is 1. The van der Waals surface area contributed by atoms with Crippen LogP contribution in [0, 0.1) is 11.3 Å². The van der Waals surface area contributed by atoms with Crippen LogP contribution in [-0.2, 0) is 22.6 Å². The molecule has 3 N–H and O–H groups in total. The summed E-state index contributed by atoms with van der Waals surface area (Å²) in [5, 5.41) is 9.11. The first-order valence-corrected chi connectivity index (χ1v) is 7.80. The smallest absolute Gasteiger partial charge is 0.307 e. The lowest BCUT2D eigenvalue weighted by Gasteiger charge is -2.13. The van der Waals surface area contributed by atoms with Gasteiger partial charge in [0, 0.05) is 0 Å². The quantitative estimate of drug-likeness (QED) is 0.818. The van der Waals surface area contributed by atoms with E-state index in [1.54, 1.807) is 0 Å². The van der Waals surface area contributed by atoms with Gasteiger partial charge in [0.2, 0.25) is 5.91 Å². The highest BCUT2D eigenvalue weighted by molar-refractivity contribution is 5.92. The third-order valence-electron chi connectivity index (χ3n) is 4.56. The number of carboxylic acids is 1. The number of carbonyl (C=O) groups is 2. The van der Waals surface area contributed by atoms with E-state index in [1.165, 1.54) is 0 Å². The zero-order chi connectivity index (χ0) is 17.2. The molecule has 0 aromatic heterocycles. The first kappa shape index (κ1) is 16.1. The largest absolute Gasteiger partial charge is 0.489 e. The molecular formula is C19H19NO4. The number of hydrogen-bond donors (Lipinski definition) is 2. The zero-order valence-electron chi connectivity index (χ0n) is 13.1. The van der Waals surface area contributed by atoms with Crippen LogP contribution < -0.4 is 10.5 Å². The van der Waals surface area contributed by atoms with Crippen LogP contribution >= 0.6 is 0 Å². The predicted molar refractivity (Wildman–Crippen MR) is 88.3 cm³/mol. The van der Waals surface area contributed by atoms with Crippen molar-refractivity contribution in [3.05, 3.63) is 65.7 Å². The van der Waals surface area contributed by atoms with Gasteiger partial charge in [-0.15, -0.1) is 0 Å². The van der Waals surface area contributed by atoms with E-state index in [1.807, 2.05) is 54.6 Å². The van der Waals surface area contributed by atoms with E-state index in [-0.39, 0.29) is 0 Å². The summed E-state index contributed by atoms with van der Waals surface area (Å²) in [4.78, 5) is 22.8. The average Bonchev–Trinajstić information content (AvgIpc) is 3.31. The summed E-state index contributed by atoms with van der Waals surface area (Å²) in [6.07, 6.45) is 0.655. The molecule has 2 unspecified atom stereocenters. The summed E-state index contributed by atoms with van der Waals surface area (Å²) in [6, 6.07) is 17.2. The Morgan fingerprint density at radius 2 is 1.75 bits per heavy atom. The minimum atomic E-state index is -0.961. The second kappa shape index (κ2) is 6.35. The Balaban J connectivity index is 1.62. The molecule has 2 aromatic rings. The molecule has 5 nitrogen and oxygen atoms in total. The second-order valence-electron chi connectivity index (χ2n) is 6.21. The lowest BCUT2D eigenvalue weighted by molar-refractivity contribution is -0.141. The summed E-state index contributed by atoms with van der Waals surface area (Å²) >= 11 is 0. The number of nitrogens with two attached hydrogens (primary N) is 1. The Bertz CT molecular complexity index is 742. The van der Waals surface area contributed by atoms with E-state index in [9.17, 15) is 9.59 Å². The first-order chi connectivity index (χ1) is 11.5. The fourth-order valence-electron chi connectivity index (χ4n) is 2.99. The summed E-state index contributed by atoms with van der Waals surface area (Å²) < 4.78 is 5.71. The van der Waals surface area contributed by atoms with E-state index in [2.05, 4.69) is 0 Å².